The molecule has 2 aliphatic rings. The van der Waals surface area contributed by atoms with E-state index in [1.807, 2.05) is 66.9 Å². The first kappa shape index (κ1) is 22.5. The van der Waals surface area contributed by atoms with Crippen LogP contribution in [0.5, 0.6) is 5.75 Å². The van der Waals surface area contributed by atoms with Crippen molar-refractivity contribution in [2.45, 2.75) is 51.4 Å². The SMILES string of the molecule is COc1ccc2cc3n(c2c1)C[C@@](C)(C(=O)NC[C@@H]1CCCO1)N(Cc1ccc(C)cc1)C3=O. The van der Waals surface area contributed by atoms with Gasteiger partial charge in [-0.3, -0.25) is 9.59 Å². The fraction of sp³-hybridized carbons (Fsp3) is 0.407. The summed E-state index contributed by atoms with van der Waals surface area (Å²) in [6.45, 7) is 5.79. The van der Waals surface area contributed by atoms with Gasteiger partial charge in [0.1, 0.15) is 17.0 Å². The second-order valence-corrected chi connectivity index (χ2v) is 9.54. The highest BCUT2D eigenvalue weighted by Crippen LogP contribution is 2.35. The van der Waals surface area contributed by atoms with Gasteiger partial charge in [0.2, 0.25) is 5.91 Å². The first-order valence-electron chi connectivity index (χ1n) is 11.8. The second kappa shape index (κ2) is 8.80. The van der Waals surface area contributed by atoms with Gasteiger partial charge < -0.3 is 24.3 Å². The van der Waals surface area contributed by atoms with E-state index in [-0.39, 0.29) is 17.9 Å². The van der Waals surface area contributed by atoms with E-state index in [4.69, 9.17) is 9.47 Å². The van der Waals surface area contributed by atoms with E-state index >= 15 is 0 Å². The van der Waals surface area contributed by atoms with E-state index in [1.54, 1.807) is 12.0 Å². The van der Waals surface area contributed by atoms with Gasteiger partial charge in [0.05, 0.1) is 25.3 Å². The number of nitrogens with zero attached hydrogens (tertiary/aromatic N) is 2. The molecule has 0 unspecified atom stereocenters. The third-order valence-electron chi connectivity index (χ3n) is 7.10. The molecule has 7 heteroatoms. The van der Waals surface area contributed by atoms with Crippen molar-refractivity contribution in [3.63, 3.8) is 0 Å². The zero-order chi connectivity index (χ0) is 23.9. The Labute approximate surface area is 199 Å². The maximum Gasteiger partial charge on any atom is 0.271 e. The summed E-state index contributed by atoms with van der Waals surface area (Å²) in [6.07, 6.45) is 1.98. The molecule has 3 aromatic rings. The summed E-state index contributed by atoms with van der Waals surface area (Å²) in [4.78, 5) is 29.2. The Kier molecular flexibility index (Phi) is 5.81. The predicted molar refractivity (Wildman–Crippen MR) is 130 cm³/mol. The zero-order valence-corrected chi connectivity index (χ0v) is 20.0. The average molecular weight is 462 g/mol. The topological polar surface area (TPSA) is 72.8 Å². The van der Waals surface area contributed by atoms with Crippen LogP contribution in [-0.4, -0.2) is 53.2 Å². The molecule has 1 saturated heterocycles. The summed E-state index contributed by atoms with van der Waals surface area (Å²) in [5, 5.41) is 4.03. The van der Waals surface area contributed by atoms with Crippen LogP contribution >= 0.6 is 0 Å². The molecule has 1 fully saturated rings. The van der Waals surface area contributed by atoms with Crippen LogP contribution in [0.2, 0.25) is 0 Å². The molecule has 0 aliphatic carbocycles. The van der Waals surface area contributed by atoms with Crippen LogP contribution < -0.4 is 10.1 Å². The van der Waals surface area contributed by atoms with Crippen molar-refractivity contribution in [1.29, 1.82) is 0 Å². The molecule has 2 atom stereocenters. The number of hydrogen-bond acceptors (Lipinski definition) is 4. The first-order valence-corrected chi connectivity index (χ1v) is 11.8. The summed E-state index contributed by atoms with van der Waals surface area (Å²) < 4.78 is 13.1. The lowest BCUT2D eigenvalue weighted by molar-refractivity contribution is -0.133. The van der Waals surface area contributed by atoms with Crippen molar-refractivity contribution >= 4 is 22.7 Å². The highest BCUT2D eigenvalue weighted by molar-refractivity contribution is 6.03. The lowest BCUT2D eigenvalue weighted by Crippen LogP contribution is -2.64. The van der Waals surface area contributed by atoms with E-state index in [0.717, 1.165) is 41.5 Å². The molecule has 0 spiro atoms. The van der Waals surface area contributed by atoms with E-state index in [9.17, 15) is 9.59 Å². The largest absolute Gasteiger partial charge is 0.497 e. The molecule has 1 N–H and O–H groups in total. The van der Waals surface area contributed by atoms with Crippen LogP contribution in [0.25, 0.3) is 10.9 Å². The minimum absolute atomic E-state index is 0.0321. The Morgan fingerprint density at radius 2 is 2.00 bits per heavy atom. The van der Waals surface area contributed by atoms with Crippen LogP contribution in [0.1, 0.15) is 41.4 Å². The molecular weight excluding hydrogens is 430 g/mol. The van der Waals surface area contributed by atoms with E-state index in [2.05, 4.69) is 5.32 Å². The predicted octanol–water partition coefficient (Wildman–Crippen LogP) is 3.67. The molecule has 3 heterocycles. The lowest BCUT2D eigenvalue weighted by Gasteiger charge is -2.44. The Morgan fingerprint density at radius 1 is 1.21 bits per heavy atom. The van der Waals surface area contributed by atoms with Gasteiger partial charge in [0.15, 0.2) is 0 Å². The lowest BCUT2D eigenvalue weighted by atomic mass is 9.93. The third-order valence-corrected chi connectivity index (χ3v) is 7.10. The maximum absolute atomic E-state index is 13.9. The van der Waals surface area contributed by atoms with Crippen LogP contribution in [-0.2, 0) is 22.6 Å². The average Bonchev–Trinajstić information content (AvgIpc) is 3.49. The van der Waals surface area contributed by atoms with Gasteiger partial charge in [0, 0.05) is 31.1 Å². The van der Waals surface area contributed by atoms with Crippen molar-refractivity contribution in [2.75, 3.05) is 20.3 Å². The van der Waals surface area contributed by atoms with Gasteiger partial charge in [-0.2, -0.15) is 0 Å². The standard InChI is InChI=1S/C27H31N3O4/c1-18-6-8-19(9-7-18)16-30-25(31)24-13-20-10-11-21(33-3)14-23(20)29(24)17-27(30,2)26(32)28-15-22-5-4-12-34-22/h6-11,13-14,22H,4-5,12,15-17H2,1-3H3,(H,28,32)/t22-,27-/m0/s1. The zero-order valence-electron chi connectivity index (χ0n) is 20.0. The van der Waals surface area contributed by atoms with Crippen molar-refractivity contribution in [2.24, 2.45) is 0 Å². The summed E-state index contributed by atoms with van der Waals surface area (Å²) in [5.41, 5.74) is 2.54. The summed E-state index contributed by atoms with van der Waals surface area (Å²) >= 11 is 0. The summed E-state index contributed by atoms with van der Waals surface area (Å²) in [7, 11) is 1.62. The molecule has 178 valence electrons. The number of carbonyl (C=O) groups excluding carboxylic acids is 2. The molecule has 2 aromatic carbocycles. The van der Waals surface area contributed by atoms with Crippen LogP contribution in [0.3, 0.4) is 0 Å². The third kappa shape index (κ3) is 3.94. The Morgan fingerprint density at radius 3 is 2.71 bits per heavy atom. The molecule has 7 nitrogen and oxygen atoms in total. The van der Waals surface area contributed by atoms with Crippen LogP contribution in [0, 0.1) is 6.92 Å². The highest BCUT2D eigenvalue weighted by atomic mass is 16.5. The molecule has 34 heavy (non-hydrogen) atoms. The van der Waals surface area contributed by atoms with E-state index in [1.165, 1.54) is 0 Å². The van der Waals surface area contributed by atoms with Gasteiger partial charge >= 0.3 is 0 Å². The minimum Gasteiger partial charge on any atom is -0.497 e. The Hall–Kier alpha value is -3.32. The number of nitrogens with one attached hydrogen (secondary N) is 1. The number of aromatic nitrogens is 1. The maximum atomic E-state index is 13.9. The number of hydrogen-bond donors (Lipinski definition) is 1. The van der Waals surface area contributed by atoms with Crippen LogP contribution in [0.4, 0.5) is 0 Å². The van der Waals surface area contributed by atoms with E-state index < -0.39 is 5.54 Å². The van der Waals surface area contributed by atoms with Gasteiger partial charge in [-0.15, -0.1) is 0 Å². The van der Waals surface area contributed by atoms with Gasteiger partial charge in [-0.25, -0.2) is 0 Å². The Bertz CT molecular complexity index is 1230. The fourth-order valence-corrected chi connectivity index (χ4v) is 4.98. The number of methoxy groups -OCH3 is 1. The molecule has 5 rings (SSSR count). The molecule has 0 radical (unpaired) electrons. The van der Waals surface area contributed by atoms with E-state index in [0.29, 0.717) is 31.1 Å². The number of benzene rings is 2. The molecular formula is C27H31N3O4. The second-order valence-electron chi connectivity index (χ2n) is 9.54. The van der Waals surface area contributed by atoms with Gasteiger partial charge in [-0.1, -0.05) is 29.8 Å². The number of rotatable bonds is 6. The van der Waals surface area contributed by atoms with Crippen LogP contribution in [0.15, 0.2) is 48.5 Å². The summed E-state index contributed by atoms with van der Waals surface area (Å²) in [6, 6.07) is 15.8. The van der Waals surface area contributed by atoms with Crippen molar-refractivity contribution in [1.82, 2.24) is 14.8 Å². The molecule has 0 saturated carbocycles. The van der Waals surface area contributed by atoms with Gasteiger partial charge in [-0.05, 0) is 50.5 Å². The molecule has 0 bridgehead atoms. The number of ether oxygens (including phenoxy) is 2. The monoisotopic (exact) mass is 461 g/mol. The smallest absolute Gasteiger partial charge is 0.271 e. The number of amides is 2. The summed E-state index contributed by atoms with van der Waals surface area (Å²) in [5.74, 6) is 0.392. The number of carbonyl (C=O) groups is 2. The number of fused-ring (bicyclic) bond motifs is 3. The first-order chi connectivity index (χ1) is 16.4. The quantitative estimate of drug-likeness (QED) is 0.608. The molecule has 1 aromatic heterocycles. The molecule has 2 aliphatic heterocycles. The molecule has 2 amide bonds. The minimum atomic E-state index is -1.07. The van der Waals surface area contributed by atoms with Crippen molar-refractivity contribution < 1.29 is 19.1 Å². The van der Waals surface area contributed by atoms with Crippen molar-refractivity contribution in [3.8, 4) is 5.75 Å². The normalized spacial score (nSPS) is 22.1. The number of aryl methyl sites for hydroxylation is 1. The highest BCUT2D eigenvalue weighted by Gasteiger charge is 2.47. The Balaban J connectivity index is 1.53. The fourth-order valence-electron chi connectivity index (χ4n) is 4.98. The van der Waals surface area contributed by atoms with Gasteiger partial charge in [0.25, 0.3) is 5.91 Å². The van der Waals surface area contributed by atoms with Crippen molar-refractivity contribution in [3.05, 3.63) is 65.4 Å².